The fraction of sp³-hybridized carbons (Fsp3) is 0.533. The van der Waals surface area contributed by atoms with Crippen molar-refractivity contribution in [2.45, 2.75) is 38.4 Å². The van der Waals surface area contributed by atoms with Gasteiger partial charge >= 0.3 is 6.18 Å². The van der Waals surface area contributed by atoms with Crippen LogP contribution in [0.1, 0.15) is 37.0 Å². The van der Waals surface area contributed by atoms with E-state index < -0.39 is 34.8 Å². The highest BCUT2D eigenvalue weighted by atomic mass is 19.4. The van der Waals surface area contributed by atoms with Gasteiger partial charge in [0.05, 0.1) is 4.92 Å². The number of amides is 1. The zero-order chi connectivity index (χ0) is 19.3. The number of carbonyl (C=O) groups is 1. The number of halogens is 3. The van der Waals surface area contributed by atoms with Crippen molar-refractivity contribution in [3.63, 3.8) is 0 Å². The van der Waals surface area contributed by atoms with Crippen molar-refractivity contribution in [3.05, 3.63) is 33.9 Å². The molecule has 1 aromatic carbocycles. The number of nitrogens with one attached hydrogen (secondary N) is 1. The average molecular weight is 363 g/mol. The molecule has 0 spiro atoms. The van der Waals surface area contributed by atoms with Gasteiger partial charge in [-0.15, -0.1) is 0 Å². The van der Waals surface area contributed by atoms with Crippen molar-refractivity contribution in [1.82, 2.24) is 5.32 Å². The Morgan fingerprint density at radius 3 is 2.40 bits per heavy atom. The summed E-state index contributed by atoms with van der Waals surface area (Å²) >= 11 is 0. The number of hydrogen-bond donors (Lipinski definition) is 2. The van der Waals surface area contributed by atoms with E-state index in [4.69, 9.17) is 5.73 Å². The van der Waals surface area contributed by atoms with Gasteiger partial charge in [0.2, 0.25) is 0 Å². The number of alkyl halides is 3. The molecule has 3 N–H and O–H groups in total. The molecule has 0 saturated heterocycles. The van der Waals surface area contributed by atoms with Crippen LogP contribution in [0.25, 0.3) is 0 Å². The Morgan fingerprint density at radius 1 is 1.32 bits per heavy atom. The lowest BCUT2D eigenvalue weighted by Crippen LogP contribution is -2.49. The molecule has 0 atom stereocenters. The van der Waals surface area contributed by atoms with Gasteiger partial charge in [-0.3, -0.25) is 14.9 Å². The first-order valence-electron chi connectivity index (χ1n) is 7.56. The van der Waals surface area contributed by atoms with Gasteiger partial charge in [0.15, 0.2) is 6.61 Å². The Hall–Kier alpha value is -2.36. The maximum Gasteiger partial charge on any atom is 0.422 e. The summed E-state index contributed by atoms with van der Waals surface area (Å²) in [5, 5.41) is 13.5. The lowest BCUT2D eigenvalue weighted by atomic mass is 9.94. The lowest BCUT2D eigenvalue weighted by Gasteiger charge is -2.26. The molecule has 0 unspecified atom stereocenters. The van der Waals surface area contributed by atoms with Crippen LogP contribution in [-0.4, -0.2) is 35.7 Å². The molecule has 0 saturated carbocycles. The maximum absolute atomic E-state index is 12.3. The number of ether oxygens (including phenoxy) is 1. The van der Waals surface area contributed by atoms with Gasteiger partial charge in [0, 0.05) is 18.2 Å². The average Bonchev–Trinajstić information content (AvgIpc) is 2.56. The van der Waals surface area contributed by atoms with Crippen molar-refractivity contribution in [1.29, 1.82) is 0 Å². The second-order valence-corrected chi connectivity index (χ2v) is 5.59. The van der Waals surface area contributed by atoms with E-state index in [1.807, 2.05) is 13.8 Å². The van der Waals surface area contributed by atoms with Crippen molar-refractivity contribution in [3.8, 4) is 5.75 Å². The zero-order valence-electron chi connectivity index (χ0n) is 13.9. The molecular formula is C15H20F3N3O4. The highest BCUT2D eigenvalue weighted by Crippen LogP contribution is 2.26. The van der Waals surface area contributed by atoms with Crippen LogP contribution in [-0.2, 0) is 0 Å². The van der Waals surface area contributed by atoms with Crippen LogP contribution in [0.5, 0.6) is 5.75 Å². The summed E-state index contributed by atoms with van der Waals surface area (Å²) < 4.78 is 41.2. The zero-order valence-corrected chi connectivity index (χ0v) is 13.9. The number of nitrogens with two attached hydrogens (primary N) is 1. The van der Waals surface area contributed by atoms with Crippen LogP contribution in [0, 0.1) is 10.1 Å². The monoisotopic (exact) mass is 363 g/mol. The fourth-order valence-electron chi connectivity index (χ4n) is 1.96. The van der Waals surface area contributed by atoms with E-state index in [1.165, 1.54) is 0 Å². The smallest absolute Gasteiger partial charge is 0.422 e. The summed E-state index contributed by atoms with van der Waals surface area (Å²) in [7, 11) is 0. The van der Waals surface area contributed by atoms with Gasteiger partial charge in [-0.05, 0) is 25.0 Å². The van der Waals surface area contributed by atoms with E-state index in [1.54, 1.807) is 0 Å². The molecule has 0 heterocycles. The lowest BCUT2D eigenvalue weighted by molar-refractivity contribution is -0.385. The van der Waals surface area contributed by atoms with Crippen LogP contribution < -0.4 is 15.8 Å². The number of nitro groups is 1. The molecule has 7 nitrogen and oxygen atoms in total. The molecule has 1 rings (SSSR count). The number of hydrogen-bond acceptors (Lipinski definition) is 5. The van der Waals surface area contributed by atoms with E-state index in [0.29, 0.717) is 12.8 Å². The van der Waals surface area contributed by atoms with Crippen molar-refractivity contribution in [2.24, 2.45) is 5.73 Å². The second kappa shape index (κ2) is 8.15. The quantitative estimate of drug-likeness (QED) is 0.545. The van der Waals surface area contributed by atoms with Crippen LogP contribution in [0.2, 0.25) is 0 Å². The maximum atomic E-state index is 12.3. The van der Waals surface area contributed by atoms with Gasteiger partial charge in [-0.1, -0.05) is 13.8 Å². The molecule has 0 bridgehead atoms. The number of nitrogens with zero attached hydrogens (tertiary/aromatic N) is 1. The molecule has 10 heteroatoms. The molecule has 1 amide bonds. The highest BCUT2D eigenvalue weighted by molar-refractivity contribution is 5.98. The van der Waals surface area contributed by atoms with Crippen LogP contribution >= 0.6 is 0 Å². The molecule has 0 aliphatic carbocycles. The molecular weight excluding hydrogens is 343 g/mol. The van der Waals surface area contributed by atoms with Crippen molar-refractivity contribution >= 4 is 11.6 Å². The van der Waals surface area contributed by atoms with E-state index in [-0.39, 0.29) is 17.9 Å². The first-order chi connectivity index (χ1) is 11.5. The van der Waals surface area contributed by atoms with Crippen molar-refractivity contribution in [2.75, 3.05) is 13.2 Å². The Morgan fingerprint density at radius 2 is 1.92 bits per heavy atom. The van der Waals surface area contributed by atoms with Gasteiger partial charge in [0.25, 0.3) is 11.6 Å². The Balaban J connectivity index is 3.01. The molecule has 140 valence electrons. The number of benzene rings is 1. The molecule has 0 radical (unpaired) electrons. The first kappa shape index (κ1) is 20.7. The van der Waals surface area contributed by atoms with E-state index in [9.17, 15) is 28.1 Å². The number of nitro benzene ring substituents is 1. The highest BCUT2D eigenvalue weighted by Gasteiger charge is 2.29. The minimum absolute atomic E-state index is 0.0730. The summed E-state index contributed by atoms with van der Waals surface area (Å²) in [5.41, 5.74) is 4.45. The summed E-state index contributed by atoms with van der Waals surface area (Å²) in [5.74, 6) is -1.10. The van der Waals surface area contributed by atoms with E-state index in [2.05, 4.69) is 10.1 Å². The number of carbonyl (C=O) groups excluding carboxylic acids is 1. The molecule has 25 heavy (non-hydrogen) atoms. The van der Waals surface area contributed by atoms with Gasteiger partial charge in [-0.2, -0.15) is 13.2 Å². The Bertz CT molecular complexity index is 631. The summed E-state index contributed by atoms with van der Waals surface area (Å²) in [6.45, 7) is 2.18. The SMILES string of the molecule is CCC(N)(CC)CNC(=O)c1cc(OCC(F)(F)F)ccc1[N+](=O)[O-]. The molecule has 0 aromatic heterocycles. The Labute approximate surface area is 142 Å². The minimum Gasteiger partial charge on any atom is -0.484 e. The summed E-state index contributed by atoms with van der Waals surface area (Å²) in [4.78, 5) is 22.5. The standard InChI is InChI=1S/C15H20F3N3O4/c1-3-14(19,4-2)8-20-13(22)11-7-10(25-9-15(16,17)18)5-6-12(11)21(23)24/h5-7H,3-4,8-9,19H2,1-2H3,(H,20,22). The normalized spacial score (nSPS) is 11.9. The molecule has 0 aliphatic rings. The van der Waals surface area contributed by atoms with E-state index >= 15 is 0 Å². The van der Waals surface area contributed by atoms with Crippen LogP contribution in [0.3, 0.4) is 0 Å². The predicted octanol–water partition coefficient (Wildman–Crippen LogP) is 2.78. The third-order valence-electron chi connectivity index (χ3n) is 3.82. The Kier molecular flexibility index (Phi) is 6.74. The number of rotatable bonds is 8. The molecule has 0 fully saturated rings. The minimum atomic E-state index is -4.56. The summed E-state index contributed by atoms with van der Waals surface area (Å²) in [6.07, 6.45) is -3.42. The van der Waals surface area contributed by atoms with Gasteiger partial charge in [0.1, 0.15) is 11.3 Å². The predicted molar refractivity (Wildman–Crippen MR) is 84.5 cm³/mol. The van der Waals surface area contributed by atoms with Gasteiger partial charge < -0.3 is 15.8 Å². The largest absolute Gasteiger partial charge is 0.484 e. The first-order valence-corrected chi connectivity index (χ1v) is 7.56. The third kappa shape index (κ3) is 6.22. The van der Waals surface area contributed by atoms with Crippen LogP contribution in [0.4, 0.5) is 18.9 Å². The van der Waals surface area contributed by atoms with Crippen LogP contribution in [0.15, 0.2) is 18.2 Å². The topological polar surface area (TPSA) is 107 Å². The fourth-order valence-corrected chi connectivity index (χ4v) is 1.96. The summed E-state index contributed by atoms with van der Waals surface area (Å²) in [6, 6.07) is 2.84. The van der Waals surface area contributed by atoms with Gasteiger partial charge in [-0.25, -0.2) is 0 Å². The molecule has 0 aliphatic heterocycles. The van der Waals surface area contributed by atoms with E-state index in [0.717, 1.165) is 18.2 Å². The third-order valence-corrected chi connectivity index (χ3v) is 3.82. The van der Waals surface area contributed by atoms with Crippen molar-refractivity contribution < 1.29 is 27.6 Å². The molecule has 1 aromatic rings. The second-order valence-electron chi connectivity index (χ2n) is 5.59.